The fourth-order valence-corrected chi connectivity index (χ4v) is 1.13. The zero-order valence-corrected chi connectivity index (χ0v) is 7.81. The highest BCUT2D eigenvalue weighted by Gasteiger charge is 2.01. The van der Waals surface area contributed by atoms with Crippen molar-refractivity contribution in [3.63, 3.8) is 0 Å². The summed E-state index contributed by atoms with van der Waals surface area (Å²) in [7, 11) is 0. The SMILES string of the molecule is CCC(CC)CCOCCN. The maximum absolute atomic E-state index is 5.29. The van der Waals surface area contributed by atoms with Crippen molar-refractivity contribution in [2.75, 3.05) is 19.8 Å². The monoisotopic (exact) mass is 159 g/mol. The molecule has 0 unspecified atom stereocenters. The molecule has 2 nitrogen and oxygen atoms in total. The molecule has 0 amide bonds. The van der Waals surface area contributed by atoms with Crippen molar-refractivity contribution in [2.45, 2.75) is 33.1 Å². The molecule has 0 aromatic carbocycles. The summed E-state index contributed by atoms with van der Waals surface area (Å²) >= 11 is 0. The molecule has 2 N–H and O–H groups in total. The first-order valence-corrected chi connectivity index (χ1v) is 4.62. The molecule has 0 aliphatic heterocycles. The van der Waals surface area contributed by atoms with E-state index in [1.54, 1.807) is 0 Å². The predicted octanol–water partition coefficient (Wildman–Crippen LogP) is 1.79. The fraction of sp³-hybridized carbons (Fsp3) is 1.00. The molecule has 0 aromatic heterocycles. The highest BCUT2D eigenvalue weighted by molar-refractivity contribution is 4.53. The minimum absolute atomic E-state index is 0.642. The maximum Gasteiger partial charge on any atom is 0.0588 e. The van der Waals surface area contributed by atoms with Crippen LogP contribution in [-0.4, -0.2) is 19.8 Å². The van der Waals surface area contributed by atoms with Crippen LogP contribution in [0.4, 0.5) is 0 Å². The molecule has 0 saturated carbocycles. The van der Waals surface area contributed by atoms with E-state index in [4.69, 9.17) is 10.5 Å². The third-order valence-corrected chi connectivity index (χ3v) is 2.09. The molecule has 11 heavy (non-hydrogen) atoms. The van der Waals surface area contributed by atoms with E-state index in [1.165, 1.54) is 19.3 Å². The van der Waals surface area contributed by atoms with Crippen molar-refractivity contribution in [1.82, 2.24) is 0 Å². The van der Waals surface area contributed by atoms with Crippen molar-refractivity contribution in [3.05, 3.63) is 0 Å². The number of rotatable bonds is 7. The van der Waals surface area contributed by atoms with E-state index in [1.807, 2.05) is 0 Å². The van der Waals surface area contributed by atoms with Crippen LogP contribution in [0.3, 0.4) is 0 Å². The standard InChI is InChI=1S/C9H21NO/c1-3-9(4-2)5-7-11-8-6-10/h9H,3-8,10H2,1-2H3. The summed E-state index contributed by atoms with van der Waals surface area (Å²) in [6.07, 6.45) is 3.72. The van der Waals surface area contributed by atoms with Gasteiger partial charge in [-0.25, -0.2) is 0 Å². The summed E-state index contributed by atoms with van der Waals surface area (Å²) in [6, 6.07) is 0. The highest BCUT2D eigenvalue weighted by Crippen LogP contribution is 2.11. The second-order valence-electron chi connectivity index (χ2n) is 2.87. The van der Waals surface area contributed by atoms with Gasteiger partial charge in [-0.1, -0.05) is 26.7 Å². The van der Waals surface area contributed by atoms with Crippen molar-refractivity contribution in [2.24, 2.45) is 11.7 Å². The lowest BCUT2D eigenvalue weighted by Crippen LogP contribution is -2.11. The smallest absolute Gasteiger partial charge is 0.0588 e. The van der Waals surface area contributed by atoms with Crippen LogP contribution < -0.4 is 5.73 Å². The van der Waals surface area contributed by atoms with Crippen LogP contribution in [-0.2, 0) is 4.74 Å². The number of ether oxygens (including phenoxy) is 1. The van der Waals surface area contributed by atoms with Gasteiger partial charge in [0, 0.05) is 13.2 Å². The second-order valence-corrected chi connectivity index (χ2v) is 2.87. The lowest BCUT2D eigenvalue weighted by atomic mass is 10.0. The summed E-state index contributed by atoms with van der Waals surface area (Å²) < 4.78 is 5.29. The van der Waals surface area contributed by atoms with Gasteiger partial charge in [-0.05, 0) is 12.3 Å². The molecule has 2 heteroatoms. The molecule has 0 spiro atoms. The second kappa shape index (κ2) is 8.02. The normalized spacial score (nSPS) is 10.9. The van der Waals surface area contributed by atoms with Gasteiger partial charge in [0.2, 0.25) is 0 Å². The van der Waals surface area contributed by atoms with Gasteiger partial charge in [0.25, 0.3) is 0 Å². The van der Waals surface area contributed by atoms with Crippen LogP contribution in [0.2, 0.25) is 0 Å². The Labute approximate surface area is 70.1 Å². The zero-order valence-electron chi connectivity index (χ0n) is 7.81. The van der Waals surface area contributed by atoms with Crippen LogP contribution in [0.5, 0.6) is 0 Å². The Morgan fingerprint density at radius 3 is 2.27 bits per heavy atom. The van der Waals surface area contributed by atoms with Gasteiger partial charge in [-0.2, -0.15) is 0 Å². The molecule has 0 heterocycles. The van der Waals surface area contributed by atoms with E-state index in [-0.39, 0.29) is 0 Å². The first-order valence-electron chi connectivity index (χ1n) is 4.62. The van der Waals surface area contributed by atoms with Crippen molar-refractivity contribution in [3.8, 4) is 0 Å². The largest absolute Gasteiger partial charge is 0.380 e. The Bertz CT molecular complexity index is 72.0. The summed E-state index contributed by atoms with van der Waals surface area (Å²) in [6.45, 7) is 6.70. The minimum atomic E-state index is 0.642. The zero-order chi connectivity index (χ0) is 8.53. The Morgan fingerprint density at radius 2 is 1.82 bits per heavy atom. The molecule has 0 rings (SSSR count). The van der Waals surface area contributed by atoms with Gasteiger partial charge in [-0.3, -0.25) is 0 Å². The molecule has 0 fully saturated rings. The molecule has 0 aromatic rings. The van der Waals surface area contributed by atoms with Gasteiger partial charge >= 0.3 is 0 Å². The first kappa shape index (κ1) is 10.9. The Morgan fingerprint density at radius 1 is 1.18 bits per heavy atom. The third kappa shape index (κ3) is 6.32. The van der Waals surface area contributed by atoms with Gasteiger partial charge < -0.3 is 10.5 Å². The van der Waals surface area contributed by atoms with E-state index >= 15 is 0 Å². The number of hydrogen-bond acceptors (Lipinski definition) is 2. The Hall–Kier alpha value is -0.0800. The van der Waals surface area contributed by atoms with E-state index in [9.17, 15) is 0 Å². The van der Waals surface area contributed by atoms with Gasteiger partial charge in [-0.15, -0.1) is 0 Å². The number of hydrogen-bond donors (Lipinski definition) is 1. The van der Waals surface area contributed by atoms with Crippen LogP contribution in [0, 0.1) is 5.92 Å². The van der Waals surface area contributed by atoms with Crippen molar-refractivity contribution < 1.29 is 4.74 Å². The Kier molecular flexibility index (Phi) is 7.96. The maximum atomic E-state index is 5.29. The molecule has 0 saturated heterocycles. The van der Waals surface area contributed by atoms with Crippen molar-refractivity contribution in [1.29, 1.82) is 0 Å². The average Bonchev–Trinajstić information content (AvgIpc) is 2.05. The Balaban J connectivity index is 3.07. The van der Waals surface area contributed by atoms with E-state index in [0.717, 1.165) is 12.5 Å². The topological polar surface area (TPSA) is 35.2 Å². The van der Waals surface area contributed by atoms with E-state index in [0.29, 0.717) is 13.2 Å². The number of nitrogens with two attached hydrogens (primary N) is 1. The van der Waals surface area contributed by atoms with Crippen molar-refractivity contribution >= 4 is 0 Å². The highest BCUT2D eigenvalue weighted by atomic mass is 16.5. The van der Waals surface area contributed by atoms with Gasteiger partial charge in [0.15, 0.2) is 0 Å². The summed E-state index contributed by atoms with van der Waals surface area (Å²) in [4.78, 5) is 0. The lowest BCUT2D eigenvalue weighted by Gasteiger charge is -2.11. The molecular formula is C9H21NO. The molecule has 0 atom stereocenters. The first-order chi connectivity index (χ1) is 5.35. The van der Waals surface area contributed by atoms with Crippen LogP contribution >= 0.6 is 0 Å². The average molecular weight is 159 g/mol. The third-order valence-electron chi connectivity index (χ3n) is 2.09. The van der Waals surface area contributed by atoms with Gasteiger partial charge in [0.05, 0.1) is 6.61 Å². The summed E-state index contributed by atoms with van der Waals surface area (Å²) in [5.41, 5.74) is 5.29. The minimum Gasteiger partial charge on any atom is -0.380 e. The van der Waals surface area contributed by atoms with Crippen LogP contribution in [0.15, 0.2) is 0 Å². The molecule has 0 bridgehead atoms. The summed E-state index contributed by atoms with van der Waals surface area (Å²) in [5.74, 6) is 0.841. The quantitative estimate of drug-likeness (QED) is 0.575. The summed E-state index contributed by atoms with van der Waals surface area (Å²) in [5, 5.41) is 0. The molecule has 0 aliphatic rings. The van der Waals surface area contributed by atoms with Gasteiger partial charge in [0.1, 0.15) is 0 Å². The molecule has 0 radical (unpaired) electrons. The molecule has 68 valence electrons. The van der Waals surface area contributed by atoms with Crippen LogP contribution in [0.1, 0.15) is 33.1 Å². The molecule has 0 aliphatic carbocycles. The fourth-order valence-electron chi connectivity index (χ4n) is 1.13. The lowest BCUT2D eigenvalue weighted by molar-refractivity contribution is 0.125. The van der Waals surface area contributed by atoms with E-state index < -0.39 is 0 Å². The van der Waals surface area contributed by atoms with E-state index in [2.05, 4.69) is 13.8 Å². The molecular weight excluding hydrogens is 138 g/mol. The predicted molar refractivity (Wildman–Crippen MR) is 48.6 cm³/mol. The van der Waals surface area contributed by atoms with Crippen LogP contribution in [0.25, 0.3) is 0 Å².